The number of hydrogen-bond donors (Lipinski definition) is 2. The lowest BCUT2D eigenvalue weighted by Crippen LogP contribution is -2.46. The molecule has 1 aromatic heterocycles. The van der Waals surface area contributed by atoms with Gasteiger partial charge in [0.2, 0.25) is 11.8 Å². The van der Waals surface area contributed by atoms with Crippen LogP contribution in [0.5, 0.6) is 0 Å². The number of carbonyl (C=O) groups excluding carboxylic acids is 3. The number of hydrogen-bond acceptors (Lipinski definition) is 6. The summed E-state index contributed by atoms with van der Waals surface area (Å²) in [6.45, 7) is 2.68. The van der Waals surface area contributed by atoms with E-state index in [4.69, 9.17) is 26.4 Å². The molecule has 4 rings (SSSR count). The minimum atomic E-state index is -3.70. The Labute approximate surface area is 240 Å². The molecular weight excluding hydrogens is 581 g/mol. The van der Waals surface area contributed by atoms with Gasteiger partial charge in [0.05, 0.1) is 41.2 Å². The van der Waals surface area contributed by atoms with E-state index in [9.17, 15) is 27.7 Å². The van der Waals surface area contributed by atoms with E-state index >= 15 is 0 Å². The van der Waals surface area contributed by atoms with Crippen molar-refractivity contribution in [2.45, 2.75) is 45.6 Å². The molecule has 1 fully saturated rings. The molecule has 3 amide bonds. The molecule has 2 atom stereocenters. The first-order valence-corrected chi connectivity index (χ1v) is 14.9. The van der Waals surface area contributed by atoms with Crippen LogP contribution < -0.4 is 16.4 Å². The molecule has 0 radical (unpaired) electrons. The molecule has 0 saturated carbocycles. The summed E-state index contributed by atoms with van der Waals surface area (Å²) in [5, 5.41) is 3.06. The van der Waals surface area contributed by atoms with Crippen LogP contribution in [0, 0.1) is 5.82 Å². The highest BCUT2D eigenvalue weighted by Gasteiger charge is 2.40. The van der Waals surface area contributed by atoms with Crippen molar-refractivity contribution in [2.75, 3.05) is 19.8 Å². The van der Waals surface area contributed by atoms with Crippen molar-refractivity contribution in [1.82, 2.24) is 14.8 Å². The number of aromatic nitrogens is 1. The summed E-state index contributed by atoms with van der Waals surface area (Å²) in [6.07, 6.45) is -0.305. The van der Waals surface area contributed by atoms with Crippen LogP contribution in [0.2, 0.25) is 5.02 Å². The second-order valence-corrected chi connectivity index (χ2v) is 11.8. The maximum absolute atomic E-state index is 14.5. The first-order chi connectivity index (χ1) is 19.5. The van der Waals surface area contributed by atoms with Gasteiger partial charge in [-0.2, -0.15) is 0 Å². The van der Waals surface area contributed by atoms with Gasteiger partial charge in [0.1, 0.15) is 24.6 Å². The second-order valence-electron chi connectivity index (χ2n) is 9.40. The maximum Gasteiger partial charge on any atom is 0.361 e. The quantitative estimate of drug-likeness (QED) is 0.318. The minimum Gasteiger partial charge on any atom is -0.366 e. The largest absolute Gasteiger partial charge is 0.366 e. The summed E-state index contributed by atoms with van der Waals surface area (Å²) in [4.78, 5) is 39.6. The van der Waals surface area contributed by atoms with Crippen molar-refractivity contribution >= 4 is 53.1 Å². The number of rotatable bonds is 11. The van der Waals surface area contributed by atoms with E-state index in [1.807, 2.05) is 0 Å². The molecule has 14 heteroatoms. The fourth-order valence-corrected chi connectivity index (χ4v) is 6.62. The summed E-state index contributed by atoms with van der Waals surface area (Å²) in [7, 11) is -3.70. The van der Waals surface area contributed by atoms with E-state index < -0.39 is 43.3 Å². The average molecular weight is 611 g/mol. The Kier molecular flexibility index (Phi) is 9.48. The van der Waals surface area contributed by atoms with Gasteiger partial charge in [0.25, 0.3) is 5.91 Å². The molecule has 2 heterocycles. The van der Waals surface area contributed by atoms with Gasteiger partial charge in [-0.15, -0.1) is 0 Å². The molecule has 1 aliphatic rings. The molecule has 0 aliphatic carbocycles. The molecule has 0 spiro atoms. The highest BCUT2D eigenvalue weighted by Crippen LogP contribution is 2.47. The number of nitrogens with one attached hydrogen (secondary N) is 1. The summed E-state index contributed by atoms with van der Waals surface area (Å²) in [5.74, 6) is -2.68. The van der Waals surface area contributed by atoms with E-state index in [2.05, 4.69) is 5.32 Å². The highest BCUT2D eigenvalue weighted by molar-refractivity contribution is 7.62. The summed E-state index contributed by atoms with van der Waals surface area (Å²) < 4.78 is 54.3. The van der Waals surface area contributed by atoms with E-state index in [-0.39, 0.29) is 60.7 Å². The van der Waals surface area contributed by atoms with E-state index in [1.54, 1.807) is 13.8 Å². The van der Waals surface area contributed by atoms with Gasteiger partial charge >= 0.3 is 7.60 Å². The summed E-state index contributed by atoms with van der Waals surface area (Å²) in [5.41, 5.74) is 6.16. The Morgan fingerprint density at radius 3 is 2.54 bits per heavy atom. The van der Waals surface area contributed by atoms with Gasteiger partial charge in [-0.25, -0.2) is 8.78 Å². The molecular formula is C27H30ClF2N4O6P. The number of nitrogens with zero attached hydrogens (tertiary/aromatic N) is 2. The Hall–Kier alpha value is -3.31. The Morgan fingerprint density at radius 2 is 1.88 bits per heavy atom. The number of primary amides is 1. The monoisotopic (exact) mass is 610 g/mol. The Morgan fingerprint density at radius 1 is 1.17 bits per heavy atom. The van der Waals surface area contributed by atoms with Crippen molar-refractivity contribution in [3.05, 3.63) is 64.6 Å². The zero-order valence-corrected chi connectivity index (χ0v) is 24.1. The van der Waals surface area contributed by atoms with E-state index in [0.29, 0.717) is 10.9 Å². The number of amides is 3. The van der Waals surface area contributed by atoms with Crippen molar-refractivity contribution in [2.24, 2.45) is 5.73 Å². The SMILES string of the molecule is CCOP(=O)(OCC)c1ccc2c(C(N)=O)cn(CC(=O)N3CC(F)CC3C(=O)NCc3cccc(Cl)c3F)c2c1. The predicted molar refractivity (Wildman–Crippen MR) is 149 cm³/mol. The number of nitrogens with two attached hydrogens (primary N) is 1. The molecule has 3 N–H and O–H groups in total. The molecule has 1 aliphatic heterocycles. The van der Waals surface area contributed by atoms with Crippen LogP contribution in [0.3, 0.4) is 0 Å². The van der Waals surface area contributed by atoms with Crippen LogP contribution in [0.1, 0.15) is 36.2 Å². The number of carbonyl (C=O) groups is 3. The summed E-state index contributed by atoms with van der Waals surface area (Å²) >= 11 is 5.79. The number of likely N-dealkylation sites (tertiary alicyclic amines) is 1. The third-order valence-corrected chi connectivity index (χ3v) is 9.11. The molecule has 0 bridgehead atoms. The highest BCUT2D eigenvalue weighted by atomic mass is 35.5. The third kappa shape index (κ3) is 6.46. The third-order valence-electron chi connectivity index (χ3n) is 6.71. The normalized spacial score (nSPS) is 17.2. The predicted octanol–water partition coefficient (Wildman–Crippen LogP) is 3.68. The smallest absolute Gasteiger partial charge is 0.361 e. The van der Waals surface area contributed by atoms with Gasteiger partial charge < -0.3 is 29.6 Å². The van der Waals surface area contributed by atoms with Crippen LogP contribution in [0.15, 0.2) is 42.6 Å². The molecule has 1 saturated heterocycles. The van der Waals surface area contributed by atoms with Crippen molar-refractivity contribution in [3.63, 3.8) is 0 Å². The number of fused-ring (bicyclic) bond motifs is 1. The average Bonchev–Trinajstić information content (AvgIpc) is 3.50. The van der Waals surface area contributed by atoms with Gasteiger partial charge in [0.15, 0.2) is 0 Å². The zero-order valence-electron chi connectivity index (χ0n) is 22.4. The molecule has 2 aromatic carbocycles. The van der Waals surface area contributed by atoms with Crippen LogP contribution in [0.25, 0.3) is 10.9 Å². The lowest BCUT2D eigenvalue weighted by atomic mass is 10.1. The molecule has 2 unspecified atom stereocenters. The first-order valence-electron chi connectivity index (χ1n) is 13.0. The van der Waals surface area contributed by atoms with E-state index in [0.717, 1.165) is 4.90 Å². The van der Waals surface area contributed by atoms with Crippen LogP contribution in [0.4, 0.5) is 8.78 Å². The van der Waals surface area contributed by atoms with Crippen LogP contribution in [-0.4, -0.2) is 59.2 Å². The minimum absolute atomic E-state index is 0.102. The fourth-order valence-electron chi connectivity index (χ4n) is 4.83. The summed E-state index contributed by atoms with van der Waals surface area (Å²) in [6, 6.07) is 7.76. The number of benzene rings is 2. The fraction of sp³-hybridized carbons (Fsp3) is 0.370. The van der Waals surface area contributed by atoms with Crippen LogP contribution in [-0.2, 0) is 36.3 Å². The van der Waals surface area contributed by atoms with Gasteiger partial charge in [0, 0.05) is 30.1 Å². The first kappa shape index (κ1) is 30.6. The number of halogens is 3. The number of alkyl halides is 1. The van der Waals surface area contributed by atoms with E-state index in [1.165, 1.54) is 47.2 Å². The zero-order chi connectivity index (χ0) is 29.9. The molecule has 220 valence electrons. The second kappa shape index (κ2) is 12.7. The molecule has 41 heavy (non-hydrogen) atoms. The Bertz CT molecular complexity index is 1520. The topological polar surface area (TPSA) is 133 Å². The maximum atomic E-state index is 14.5. The standard InChI is InChI=1S/C27H30ClF2N4O6P/c1-3-39-41(38,40-4-2)18-8-9-19-20(26(31)36)14-33(22(19)11-18)15-24(35)34-13-17(29)10-23(34)27(37)32-12-16-6-5-7-21(28)25(16)30/h5-9,11,14,17,23H,3-4,10,12-13,15H2,1-2H3,(H2,31,36)(H,32,37). The van der Waals surface area contributed by atoms with Crippen molar-refractivity contribution in [3.8, 4) is 0 Å². The van der Waals surface area contributed by atoms with Gasteiger partial charge in [-0.05, 0) is 32.0 Å². The van der Waals surface area contributed by atoms with Crippen molar-refractivity contribution in [1.29, 1.82) is 0 Å². The van der Waals surface area contributed by atoms with Gasteiger partial charge in [-0.3, -0.25) is 18.9 Å². The van der Waals surface area contributed by atoms with Gasteiger partial charge in [-0.1, -0.05) is 29.8 Å². The molecule has 10 nitrogen and oxygen atoms in total. The van der Waals surface area contributed by atoms with Crippen LogP contribution >= 0.6 is 19.2 Å². The van der Waals surface area contributed by atoms with Crippen molar-refractivity contribution < 1.29 is 36.8 Å². The molecule has 3 aromatic rings. The lowest BCUT2D eigenvalue weighted by molar-refractivity contribution is -0.139. The Balaban J connectivity index is 1.60. The lowest BCUT2D eigenvalue weighted by Gasteiger charge is -2.24.